The van der Waals surface area contributed by atoms with Gasteiger partial charge in [-0.1, -0.05) is 25.6 Å². The molecule has 2 aromatic heterocycles. The lowest BCUT2D eigenvalue weighted by Gasteiger charge is -1.97. The van der Waals surface area contributed by atoms with Crippen molar-refractivity contribution in [1.82, 2.24) is 4.98 Å². The summed E-state index contributed by atoms with van der Waals surface area (Å²) in [5.74, 6) is 0. The summed E-state index contributed by atoms with van der Waals surface area (Å²) in [6.07, 6.45) is 1.78. The monoisotopic (exact) mass is 193 g/mol. The molecule has 0 aliphatic rings. The van der Waals surface area contributed by atoms with E-state index in [1.165, 1.54) is 0 Å². The Morgan fingerprint density at radius 3 is 3.00 bits per heavy atom. The third-order valence-corrected chi connectivity index (χ3v) is 2.52. The maximum atomic E-state index is 5.58. The zero-order valence-electron chi connectivity index (χ0n) is 7.65. The lowest BCUT2D eigenvalue weighted by molar-refractivity contribution is 0.514. The zero-order valence-corrected chi connectivity index (χ0v) is 8.47. The molecule has 0 saturated carbocycles. The lowest BCUT2D eigenvalue weighted by atomic mass is 10.4. The molecule has 0 bridgehead atoms. The SMILES string of the molecule is CC(C)Sc1cc2ncccc2o1. The van der Waals surface area contributed by atoms with E-state index >= 15 is 0 Å². The fourth-order valence-electron chi connectivity index (χ4n) is 1.14. The summed E-state index contributed by atoms with van der Waals surface area (Å²) in [6, 6.07) is 5.81. The summed E-state index contributed by atoms with van der Waals surface area (Å²) >= 11 is 1.72. The average Bonchev–Trinajstić information content (AvgIpc) is 2.44. The van der Waals surface area contributed by atoms with Crippen LogP contribution in [-0.2, 0) is 0 Å². The van der Waals surface area contributed by atoms with Crippen LogP contribution in [0.2, 0.25) is 0 Å². The van der Waals surface area contributed by atoms with Crippen LogP contribution in [0.1, 0.15) is 13.8 Å². The van der Waals surface area contributed by atoms with Crippen molar-refractivity contribution in [1.29, 1.82) is 0 Å². The summed E-state index contributed by atoms with van der Waals surface area (Å²) in [5.41, 5.74) is 1.80. The maximum absolute atomic E-state index is 5.58. The van der Waals surface area contributed by atoms with Gasteiger partial charge in [-0.05, 0) is 12.1 Å². The third kappa shape index (κ3) is 1.86. The molecule has 68 valence electrons. The van der Waals surface area contributed by atoms with E-state index in [0.29, 0.717) is 5.25 Å². The highest BCUT2D eigenvalue weighted by molar-refractivity contribution is 7.99. The molecule has 13 heavy (non-hydrogen) atoms. The van der Waals surface area contributed by atoms with Crippen molar-refractivity contribution in [2.45, 2.75) is 24.2 Å². The van der Waals surface area contributed by atoms with Crippen molar-refractivity contribution < 1.29 is 4.42 Å². The fraction of sp³-hybridized carbons (Fsp3) is 0.300. The molecule has 2 aromatic rings. The number of aromatic nitrogens is 1. The Hall–Kier alpha value is -0.960. The molecule has 0 aromatic carbocycles. The third-order valence-electron chi connectivity index (χ3n) is 1.62. The second kappa shape index (κ2) is 3.42. The minimum absolute atomic E-state index is 0.542. The molecule has 0 aliphatic carbocycles. The van der Waals surface area contributed by atoms with Gasteiger partial charge in [-0.15, -0.1) is 0 Å². The molecule has 0 N–H and O–H groups in total. The van der Waals surface area contributed by atoms with Gasteiger partial charge < -0.3 is 4.42 Å². The van der Waals surface area contributed by atoms with E-state index in [9.17, 15) is 0 Å². The first-order valence-electron chi connectivity index (χ1n) is 4.27. The Kier molecular flexibility index (Phi) is 2.27. The molecule has 0 spiro atoms. The van der Waals surface area contributed by atoms with Crippen molar-refractivity contribution >= 4 is 22.9 Å². The Morgan fingerprint density at radius 2 is 2.31 bits per heavy atom. The molecule has 2 rings (SSSR count). The number of nitrogens with zero attached hydrogens (tertiary/aromatic N) is 1. The number of furan rings is 1. The van der Waals surface area contributed by atoms with E-state index in [1.807, 2.05) is 18.2 Å². The minimum Gasteiger partial charge on any atom is -0.448 e. The Bertz CT molecular complexity index is 375. The predicted octanol–water partition coefficient (Wildman–Crippen LogP) is 3.33. The van der Waals surface area contributed by atoms with E-state index in [4.69, 9.17) is 4.42 Å². The average molecular weight is 193 g/mol. The van der Waals surface area contributed by atoms with Gasteiger partial charge in [0.15, 0.2) is 10.7 Å². The van der Waals surface area contributed by atoms with Crippen molar-refractivity contribution in [3.8, 4) is 0 Å². The molecule has 0 saturated heterocycles. The number of rotatable bonds is 2. The first-order valence-corrected chi connectivity index (χ1v) is 5.15. The number of pyridine rings is 1. The molecule has 0 amide bonds. The van der Waals surface area contributed by atoms with E-state index in [0.717, 1.165) is 16.2 Å². The number of thioether (sulfide) groups is 1. The van der Waals surface area contributed by atoms with Crippen LogP contribution in [0.25, 0.3) is 11.1 Å². The lowest BCUT2D eigenvalue weighted by Crippen LogP contribution is -1.82. The number of hydrogen-bond acceptors (Lipinski definition) is 3. The Morgan fingerprint density at radius 1 is 1.46 bits per heavy atom. The van der Waals surface area contributed by atoms with Crippen LogP contribution < -0.4 is 0 Å². The Balaban J connectivity index is 2.38. The van der Waals surface area contributed by atoms with E-state index in [-0.39, 0.29) is 0 Å². The quantitative estimate of drug-likeness (QED) is 0.684. The van der Waals surface area contributed by atoms with Crippen LogP contribution in [0.5, 0.6) is 0 Å². The maximum Gasteiger partial charge on any atom is 0.163 e. The molecule has 2 heterocycles. The molecule has 0 fully saturated rings. The van der Waals surface area contributed by atoms with Crippen LogP contribution in [0.3, 0.4) is 0 Å². The van der Waals surface area contributed by atoms with E-state index in [2.05, 4.69) is 18.8 Å². The van der Waals surface area contributed by atoms with E-state index < -0.39 is 0 Å². The van der Waals surface area contributed by atoms with Crippen LogP contribution in [0.4, 0.5) is 0 Å². The van der Waals surface area contributed by atoms with Gasteiger partial charge in [0.05, 0.1) is 0 Å². The summed E-state index contributed by atoms with van der Waals surface area (Å²) in [4.78, 5) is 4.20. The molecule has 0 aliphatic heterocycles. The Labute approximate surface area is 81.3 Å². The molecule has 0 unspecified atom stereocenters. The van der Waals surface area contributed by atoms with Crippen LogP contribution in [-0.4, -0.2) is 10.2 Å². The van der Waals surface area contributed by atoms with Crippen LogP contribution in [0.15, 0.2) is 33.9 Å². The molecule has 2 nitrogen and oxygen atoms in total. The highest BCUT2D eigenvalue weighted by atomic mass is 32.2. The summed E-state index contributed by atoms with van der Waals surface area (Å²) in [5, 5.41) is 1.49. The van der Waals surface area contributed by atoms with Crippen LogP contribution in [0, 0.1) is 0 Å². The van der Waals surface area contributed by atoms with Gasteiger partial charge in [-0.2, -0.15) is 0 Å². The van der Waals surface area contributed by atoms with E-state index in [1.54, 1.807) is 18.0 Å². The van der Waals surface area contributed by atoms with Gasteiger partial charge in [-0.25, -0.2) is 0 Å². The predicted molar refractivity (Wildman–Crippen MR) is 55.0 cm³/mol. The molecule has 3 heteroatoms. The first-order chi connectivity index (χ1) is 6.25. The van der Waals surface area contributed by atoms with Crippen molar-refractivity contribution in [2.75, 3.05) is 0 Å². The van der Waals surface area contributed by atoms with Crippen LogP contribution >= 0.6 is 11.8 Å². The van der Waals surface area contributed by atoms with Gasteiger partial charge in [0.1, 0.15) is 5.52 Å². The zero-order chi connectivity index (χ0) is 9.26. The summed E-state index contributed by atoms with van der Waals surface area (Å²) in [7, 11) is 0. The topological polar surface area (TPSA) is 26.0 Å². The van der Waals surface area contributed by atoms with Gasteiger partial charge in [0.25, 0.3) is 0 Å². The van der Waals surface area contributed by atoms with Crippen molar-refractivity contribution in [3.05, 3.63) is 24.4 Å². The molecular formula is C10H11NOS. The summed E-state index contributed by atoms with van der Waals surface area (Å²) < 4.78 is 5.58. The summed E-state index contributed by atoms with van der Waals surface area (Å²) in [6.45, 7) is 4.29. The molecular weight excluding hydrogens is 182 g/mol. The highest BCUT2D eigenvalue weighted by Crippen LogP contribution is 2.28. The van der Waals surface area contributed by atoms with Gasteiger partial charge in [0, 0.05) is 17.5 Å². The molecule has 0 atom stereocenters. The fourth-order valence-corrected chi connectivity index (χ4v) is 1.92. The minimum atomic E-state index is 0.542. The van der Waals surface area contributed by atoms with Crippen molar-refractivity contribution in [2.24, 2.45) is 0 Å². The second-order valence-corrected chi connectivity index (χ2v) is 4.70. The van der Waals surface area contributed by atoms with Crippen molar-refractivity contribution in [3.63, 3.8) is 0 Å². The number of hydrogen-bond donors (Lipinski definition) is 0. The second-order valence-electron chi connectivity index (χ2n) is 3.12. The molecule has 0 radical (unpaired) electrons. The first kappa shape index (κ1) is 8.63. The highest BCUT2D eigenvalue weighted by Gasteiger charge is 2.05. The van der Waals surface area contributed by atoms with Gasteiger partial charge in [0.2, 0.25) is 0 Å². The smallest absolute Gasteiger partial charge is 0.163 e. The van der Waals surface area contributed by atoms with Gasteiger partial charge in [-0.3, -0.25) is 4.98 Å². The normalized spacial score (nSPS) is 11.3. The standard InChI is InChI=1S/C10H11NOS/c1-7(2)13-10-6-8-9(12-10)4-3-5-11-8/h3-7H,1-2H3. The largest absolute Gasteiger partial charge is 0.448 e. The number of fused-ring (bicyclic) bond motifs is 1. The van der Waals surface area contributed by atoms with Gasteiger partial charge >= 0.3 is 0 Å².